The summed E-state index contributed by atoms with van der Waals surface area (Å²) in [5.74, 6) is 0. The second-order valence-corrected chi connectivity index (χ2v) is 4.64. The summed E-state index contributed by atoms with van der Waals surface area (Å²) in [6, 6.07) is 13.8. The Balaban J connectivity index is 2.16. The number of nitro groups is 1. The van der Waals surface area contributed by atoms with Crippen LogP contribution in [0.3, 0.4) is 0 Å². The van der Waals surface area contributed by atoms with E-state index in [1.54, 1.807) is 12.1 Å². The molecule has 98 valence electrons. The molecule has 1 aromatic heterocycles. The second-order valence-electron chi connectivity index (χ2n) is 4.24. The number of para-hydroxylation sites is 2. The highest BCUT2D eigenvalue weighted by Gasteiger charge is 2.08. The van der Waals surface area contributed by atoms with Gasteiger partial charge in [0, 0.05) is 17.7 Å². The molecule has 5 nitrogen and oxygen atoms in total. The molecule has 0 aliphatic carbocycles. The number of nitrogens with zero attached hydrogens (tertiary/aromatic N) is 2. The molecule has 0 saturated heterocycles. The van der Waals surface area contributed by atoms with Gasteiger partial charge in [0.15, 0.2) is 0 Å². The summed E-state index contributed by atoms with van der Waals surface area (Å²) in [7, 11) is 0. The highest BCUT2D eigenvalue weighted by Crippen LogP contribution is 2.23. The number of benzene rings is 2. The number of hydrogen-bond donors (Lipinski definition) is 1. The number of aromatic nitrogens is 2. The van der Waals surface area contributed by atoms with Crippen molar-refractivity contribution in [1.82, 2.24) is 9.97 Å². The van der Waals surface area contributed by atoms with E-state index in [1.807, 2.05) is 24.3 Å². The van der Waals surface area contributed by atoms with Gasteiger partial charge in [-0.15, -0.1) is 0 Å². The molecule has 6 heteroatoms. The third-order valence-electron chi connectivity index (χ3n) is 2.95. The zero-order valence-electron chi connectivity index (χ0n) is 10.2. The predicted octanol–water partition coefficient (Wildman–Crippen LogP) is 3.87. The van der Waals surface area contributed by atoms with E-state index in [0.29, 0.717) is 10.3 Å². The van der Waals surface area contributed by atoms with Gasteiger partial charge in [-0.25, -0.2) is 4.98 Å². The Morgan fingerprint density at radius 2 is 1.80 bits per heavy atom. The van der Waals surface area contributed by atoms with Gasteiger partial charge in [0.2, 0.25) is 0 Å². The summed E-state index contributed by atoms with van der Waals surface area (Å²) in [5, 5.41) is 10.7. The Bertz CT molecular complexity index is 856. The van der Waals surface area contributed by atoms with Crippen molar-refractivity contribution in [3.8, 4) is 11.3 Å². The van der Waals surface area contributed by atoms with E-state index in [1.165, 1.54) is 12.1 Å². The molecule has 3 aromatic rings. The van der Waals surface area contributed by atoms with Crippen molar-refractivity contribution in [2.24, 2.45) is 0 Å². The molecule has 0 aliphatic rings. The number of nitrogens with one attached hydrogen (secondary N) is 1. The molecule has 2 aromatic carbocycles. The van der Waals surface area contributed by atoms with Crippen molar-refractivity contribution in [3.63, 3.8) is 0 Å². The minimum Gasteiger partial charge on any atom is -0.343 e. The molecule has 1 heterocycles. The largest absolute Gasteiger partial charge is 0.343 e. The van der Waals surface area contributed by atoms with E-state index in [2.05, 4.69) is 9.97 Å². The number of nitro benzene ring substituents is 1. The highest BCUT2D eigenvalue weighted by molar-refractivity contribution is 7.71. The zero-order valence-corrected chi connectivity index (χ0v) is 11.1. The maximum atomic E-state index is 10.7. The molecule has 0 saturated carbocycles. The van der Waals surface area contributed by atoms with Gasteiger partial charge in [0.1, 0.15) is 10.3 Å². The Hall–Kier alpha value is -2.60. The van der Waals surface area contributed by atoms with Crippen LogP contribution in [0.25, 0.3) is 22.3 Å². The Morgan fingerprint density at radius 1 is 1.10 bits per heavy atom. The second kappa shape index (κ2) is 4.82. The first-order valence-corrected chi connectivity index (χ1v) is 6.30. The van der Waals surface area contributed by atoms with Crippen molar-refractivity contribution < 1.29 is 4.92 Å². The molecule has 0 fully saturated rings. The number of hydrogen-bond acceptors (Lipinski definition) is 4. The maximum Gasteiger partial charge on any atom is 0.269 e. The first-order chi connectivity index (χ1) is 9.65. The maximum absolute atomic E-state index is 10.7. The van der Waals surface area contributed by atoms with E-state index in [4.69, 9.17) is 12.2 Å². The fourth-order valence-electron chi connectivity index (χ4n) is 1.97. The third kappa shape index (κ3) is 2.17. The summed E-state index contributed by atoms with van der Waals surface area (Å²) in [6.07, 6.45) is 0. The third-order valence-corrected chi connectivity index (χ3v) is 3.25. The average molecular weight is 283 g/mol. The molecule has 1 N–H and O–H groups in total. The average Bonchev–Trinajstić information content (AvgIpc) is 2.46. The van der Waals surface area contributed by atoms with Crippen molar-refractivity contribution in [1.29, 1.82) is 0 Å². The number of H-pyrrole nitrogens is 1. The van der Waals surface area contributed by atoms with Crippen LogP contribution < -0.4 is 0 Å². The molecular weight excluding hydrogens is 274 g/mol. The number of rotatable bonds is 2. The topological polar surface area (TPSA) is 71.8 Å². The van der Waals surface area contributed by atoms with Crippen LogP contribution in [0.5, 0.6) is 0 Å². The van der Waals surface area contributed by atoms with Crippen molar-refractivity contribution >= 4 is 28.9 Å². The minimum absolute atomic E-state index is 0.0458. The van der Waals surface area contributed by atoms with Crippen LogP contribution in [0.2, 0.25) is 0 Å². The van der Waals surface area contributed by atoms with Gasteiger partial charge in [-0.3, -0.25) is 10.1 Å². The number of aromatic amines is 1. The fourth-order valence-corrected chi connectivity index (χ4v) is 2.24. The monoisotopic (exact) mass is 283 g/mol. The summed E-state index contributed by atoms with van der Waals surface area (Å²) in [6.45, 7) is 0. The van der Waals surface area contributed by atoms with Crippen LogP contribution in [0, 0.1) is 14.8 Å². The van der Waals surface area contributed by atoms with Gasteiger partial charge in [0.05, 0.1) is 16.0 Å². The van der Waals surface area contributed by atoms with Gasteiger partial charge in [-0.1, -0.05) is 24.4 Å². The predicted molar refractivity (Wildman–Crippen MR) is 79.0 cm³/mol. The first-order valence-electron chi connectivity index (χ1n) is 5.89. The number of fused-ring (bicyclic) bond motifs is 1. The zero-order chi connectivity index (χ0) is 14.1. The molecule has 20 heavy (non-hydrogen) atoms. The summed E-state index contributed by atoms with van der Waals surface area (Å²) in [4.78, 5) is 17.8. The molecule has 0 bridgehead atoms. The lowest BCUT2D eigenvalue weighted by Gasteiger charge is -2.04. The van der Waals surface area contributed by atoms with E-state index in [0.717, 1.165) is 16.6 Å². The van der Waals surface area contributed by atoms with Crippen molar-refractivity contribution in [2.75, 3.05) is 0 Å². The van der Waals surface area contributed by atoms with E-state index in [9.17, 15) is 10.1 Å². The number of non-ortho nitro benzene ring substituents is 1. The minimum atomic E-state index is -0.432. The fraction of sp³-hybridized carbons (Fsp3) is 0. The van der Waals surface area contributed by atoms with Crippen LogP contribution in [0.4, 0.5) is 5.69 Å². The van der Waals surface area contributed by atoms with E-state index >= 15 is 0 Å². The van der Waals surface area contributed by atoms with Crippen LogP contribution >= 0.6 is 12.2 Å². The van der Waals surface area contributed by atoms with E-state index < -0.39 is 4.92 Å². The van der Waals surface area contributed by atoms with Gasteiger partial charge in [0.25, 0.3) is 5.69 Å². The van der Waals surface area contributed by atoms with Crippen LogP contribution in [-0.4, -0.2) is 14.9 Å². The van der Waals surface area contributed by atoms with Crippen LogP contribution in [0.15, 0.2) is 48.5 Å². The summed E-state index contributed by atoms with van der Waals surface area (Å²) >= 11 is 5.29. The Morgan fingerprint density at radius 3 is 2.50 bits per heavy atom. The van der Waals surface area contributed by atoms with Crippen molar-refractivity contribution in [3.05, 3.63) is 63.3 Å². The van der Waals surface area contributed by atoms with Gasteiger partial charge in [-0.2, -0.15) is 0 Å². The van der Waals surface area contributed by atoms with E-state index in [-0.39, 0.29) is 5.69 Å². The van der Waals surface area contributed by atoms with Gasteiger partial charge in [-0.05, 0) is 24.3 Å². The molecule has 3 rings (SSSR count). The summed E-state index contributed by atoms with van der Waals surface area (Å²) < 4.78 is 0.512. The normalized spacial score (nSPS) is 10.6. The lowest BCUT2D eigenvalue weighted by Crippen LogP contribution is -1.92. The molecule has 0 spiro atoms. The lowest BCUT2D eigenvalue weighted by molar-refractivity contribution is -0.384. The highest BCUT2D eigenvalue weighted by atomic mass is 32.1. The molecule has 0 amide bonds. The quantitative estimate of drug-likeness (QED) is 0.440. The van der Waals surface area contributed by atoms with Crippen molar-refractivity contribution in [2.45, 2.75) is 0 Å². The summed E-state index contributed by atoms with van der Waals surface area (Å²) in [5.41, 5.74) is 3.08. The molecule has 0 aliphatic heterocycles. The first kappa shape index (κ1) is 12.4. The van der Waals surface area contributed by atoms with Crippen LogP contribution in [-0.2, 0) is 0 Å². The Labute approximate surface area is 119 Å². The Kier molecular flexibility index (Phi) is 3.00. The molecular formula is C14H9N3O2S. The standard InChI is InChI=1S/C14H9N3O2S/c18-17(19)10-7-5-9(6-8-10)13-14(20)16-12-4-2-1-3-11(12)15-13/h1-8H,(H,16,20). The van der Waals surface area contributed by atoms with Gasteiger partial charge >= 0.3 is 0 Å². The SMILES string of the molecule is O=[N+]([O-])c1ccc(-c2nc3ccccc3[nH]c2=S)cc1. The van der Waals surface area contributed by atoms with Gasteiger partial charge < -0.3 is 4.98 Å². The lowest BCUT2D eigenvalue weighted by atomic mass is 10.1. The molecule has 0 unspecified atom stereocenters. The molecule has 0 atom stereocenters. The van der Waals surface area contributed by atoms with Crippen LogP contribution in [0.1, 0.15) is 0 Å². The molecule has 0 radical (unpaired) electrons. The smallest absolute Gasteiger partial charge is 0.269 e.